The molecular formula is C46H40FN7O3. The maximum absolute atomic E-state index is 15.4. The van der Waals surface area contributed by atoms with Gasteiger partial charge in [-0.15, -0.1) is 0 Å². The largest absolute Gasteiger partial charge is 0.443 e. The van der Waals surface area contributed by atoms with Crippen LogP contribution in [0, 0.1) is 5.82 Å². The van der Waals surface area contributed by atoms with E-state index >= 15 is 4.39 Å². The van der Waals surface area contributed by atoms with Gasteiger partial charge in [-0.3, -0.25) is 13.9 Å². The number of hydrogen-bond acceptors (Lipinski definition) is 7. The molecule has 3 heterocycles. The van der Waals surface area contributed by atoms with Crippen LogP contribution in [0.5, 0.6) is 0 Å². The van der Waals surface area contributed by atoms with E-state index in [0.29, 0.717) is 16.9 Å². The molecule has 57 heavy (non-hydrogen) atoms. The first-order chi connectivity index (χ1) is 27.6. The molecule has 0 saturated carbocycles. The van der Waals surface area contributed by atoms with Gasteiger partial charge in [0.15, 0.2) is 17.0 Å². The van der Waals surface area contributed by atoms with Crippen LogP contribution in [0.25, 0.3) is 27.8 Å². The third kappa shape index (κ3) is 6.50. The topological polar surface area (TPSA) is 108 Å². The van der Waals surface area contributed by atoms with E-state index in [-0.39, 0.29) is 29.0 Å². The van der Waals surface area contributed by atoms with Crippen molar-refractivity contribution in [3.63, 3.8) is 0 Å². The molecule has 0 fully saturated rings. The molecule has 1 amide bonds. The van der Waals surface area contributed by atoms with E-state index < -0.39 is 34.7 Å². The van der Waals surface area contributed by atoms with Crippen LogP contribution in [-0.4, -0.2) is 40.8 Å². The molecular weight excluding hydrogens is 718 g/mol. The molecule has 0 aliphatic carbocycles. The number of halogens is 1. The van der Waals surface area contributed by atoms with Gasteiger partial charge >= 0.3 is 6.09 Å². The summed E-state index contributed by atoms with van der Waals surface area (Å²) in [6, 6.07) is 42.6. The molecule has 0 radical (unpaired) electrons. The quantitative estimate of drug-likeness (QED) is 0.135. The molecule has 284 valence electrons. The van der Waals surface area contributed by atoms with Crippen molar-refractivity contribution in [2.75, 3.05) is 4.90 Å². The Labute approximate surface area is 328 Å². The highest BCUT2D eigenvalue weighted by molar-refractivity contribution is 5.96. The van der Waals surface area contributed by atoms with E-state index in [1.54, 1.807) is 57.4 Å². The number of rotatable bonds is 9. The molecule has 5 aromatic carbocycles. The van der Waals surface area contributed by atoms with Crippen LogP contribution < -0.4 is 10.5 Å². The van der Waals surface area contributed by atoms with Gasteiger partial charge in [0.25, 0.3) is 5.56 Å². The lowest BCUT2D eigenvalue weighted by Crippen LogP contribution is -2.42. The number of carbonyl (C=O) groups is 1. The Bertz CT molecular complexity index is 2650. The lowest BCUT2D eigenvalue weighted by molar-refractivity contribution is 0.0560. The number of imidazole rings is 1. The number of benzene rings is 5. The van der Waals surface area contributed by atoms with E-state index in [9.17, 15) is 9.59 Å². The molecule has 0 aliphatic rings. The first kappa shape index (κ1) is 36.9. The molecule has 8 aromatic rings. The first-order valence-corrected chi connectivity index (χ1v) is 18.8. The Morgan fingerprint density at radius 2 is 1.32 bits per heavy atom. The van der Waals surface area contributed by atoms with Gasteiger partial charge in [0.05, 0.1) is 17.5 Å². The fourth-order valence-corrected chi connectivity index (χ4v) is 7.61. The number of anilines is 1. The Kier molecular flexibility index (Phi) is 9.66. The lowest BCUT2D eigenvalue weighted by atomic mass is 9.76. The minimum atomic E-state index is -0.969. The summed E-state index contributed by atoms with van der Waals surface area (Å²) in [6.45, 7) is 7.21. The molecule has 0 bridgehead atoms. The zero-order valence-corrected chi connectivity index (χ0v) is 32.0. The van der Waals surface area contributed by atoms with Gasteiger partial charge in [-0.1, -0.05) is 122 Å². The van der Waals surface area contributed by atoms with Crippen molar-refractivity contribution in [1.29, 1.82) is 0 Å². The van der Waals surface area contributed by atoms with Crippen molar-refractivity contribution in [3.8, 4) is 5.69 Å². The van der Waals surface area contributed by atoms with Gasteiger partial charge < -0.3 is 4.74 Å². The van der Waals surface area contributed by atoms with Gasteiger partial charge in [-0.05, 0) is 68.1 Å². The van der Waals surface area contributed by atoms with Gasteiger partial charge in [0.2, 0.25) is 0 Å². The second-order valence-electron chi connectivity index (χ2n) is 14.6. The molecule has 11 heteroatoms. The molecule has 3 aromatic heterocycles. The van der Waals surface area contributed by atoms with E-state index in [4.69, 9.17) is 24.7 Å². The van der Waals surface area contributed by atoms with E-state index in [0.717, 1.165) is 16.7 Å². The number of hydrogen-bond donors (Lipinski definition) is 0. The Hall–Kier alpha value is -7.01. The van der Waals surface area contributed by atoms with Crippen molar-refractivity contribution < 1.29 is 13.9 Å². The van der Waals surface area contributed by atoms with Crippen LogP contribution >= 0.6 is 0 Å². The van der Waals surface area contributed by atoms with Crippen molar-refractivity contribution in [3.05, 3.63) is 191 Å². The number of fused-ring (bicyclic) bond motifs is 2. The monoisotopic (exact) mass is 757 g/mol. The molecule has 0 aliphatic heterocycles. The maximum atomic E-state index is 15.4. The normalized spacial score (nSPS) is 12.4. The zero-order chi connectivity index (χ0) is 39.7. The molecule has 0 N–H and O–H groups in total. The fraction of sp³-hybridized carbons (Fsp3) is 0.174. The summed E-state index contributed by atoms with van der Waals surface area (Å²) >= 11 is 0. The number of carbonyl (C=O) groups excluding carboxylic acids is 1. The van der Waals surface area contributed by atoms with Crippen molar-refractivity contribution in [1.82, 2.24) is 29.1 Å². The second-order valence-corrected chi connectivity index (χ2v) is 14.6. The van der Waals surface area contributed by atoms with Gasteiger partial charge in [-0.25, -0.2) is 34.0 Å². The third-order valence-corrected chi connectivity index (χ3v) is 9.95. The smallest absolute Gasteiger partial charge is 0.416 e. The Morgan fingerprint density at radius 1 is 0.754 bits per heavy atom. The van der Waals surface area contributed by atoms with Crippen molar-refractivity contribution in [2.24, 2.45) is 0 Å². The predicted octanol–water partition coefficient (Wildman–Crippen LogP) is 9.40. The summed E-state index contributed by atoms with van der Waals surface area (Å²) in [5.41, 5.74) is 1.73. The maximum Gasteiger partial charge on any atom is 0.416 e. The second kappa shape index (κ2) is 14.9. The number of nitrogens with zero attached hydrogens (tertiary/aromatic N) is 7. The number of para-hydroxylation sites is 1. The summed E-state index contributed by atoms with van der Waals surface area (Å²) in [4.78, 5) is 50.0. The van der Waals surface area contributed by atoms with Crippen LogP contribution in [0.3, 0.4) is 0 Å². The fourth-order valence-electron chi connectivity index (χ4n) is 7.61. The summed E-state index contributed by atoms with van der Waals surface area (Å²) in [7, 11) is 0. The number of aromatic nitrogens is 6. The highest BCUT2D eigenvalue weighted by Crippen LogP contribution is 2.43. The molecule has 8 rings (SSSR count). The first-order valence-electron chi connectivity index (χ1n) is 18.8. The predicted molar refractivity (Wildman–Crippen MR) is 219 cm³/mol. The highest BCUT2D eigenvalue weighted by atomic mass is 19.1. The Balaban J connectivity index is 1.43. The summed E-state index contributed by atoms with van der Waals surface area (Å²) in [5.74, 6) is -0.354. The average Bonchev–Trinajstić information content (AvgIpc) is 3.66. The van der Waals surface area contributed by atoms with Crippen LogP contribution in [0.2, 0.25) is 0 Å². The zero-order valence-electron chi connectivity index (χ0n) is 32.0. The SMILES string of the molecule is CCC(c1nc2cccc(F)c2c(=O)n1-c1ccccc1)N(C(=O)OC(C)(C)C)c1ncnc2c1ncn2C(c1ccccc1)(c1ccccc1)c1ccccc1. The van der Waals surface area contributed by atoms with Crippen LogP contribution in [0.15, 0.2) is 157 Å². The standard InChI is InChI=1S/C46H40FN7O3/c1-5-37(40-51-36-28-18-27-35(47)38(36)43(55)53(40)34-25-16-9-17-26-34)54(44(56)57-45(2,3)4)42-39-41(48-29-49-42)52(30-50-39)46(31-19-10-6-11-20-31,32-21-12-7-13-22-32)33-23-14-8-15-24-33/h6-30,37H,5H2,1-4H3. The van der Waals surface area contributed by atoms with E-state index in [1.165, 1.54) is 27.9 Å². The summed E-state index contributed by atoms with van der Waals surface area (Å²) < 4.78 is 24.8. The minimum Gasteiger partial charge on any atom is -0.443 e. The average molecular weight is 758 g/mol. The van der Waals surface area contributed by atoms with E-state index in [2.05, 4.69) is 36.4 Å². The number of amides is 1. The number of ether oxygens (including phenoxy) is 1. The lowest BCUT2D eigenvalue weighted by Gasteiger charge is -2.37. The van der Waals surface area contributed by atoms with Crippen molar-refractivity contribution >= 4 is 34.0 Å². The Morgan fingerprint density at radius 3 is 1.86 bits per heavy atom. The van der Waals surface area contributed by atoms with E-state index in [1.807, 2.05) is 72.2 Å². The summed E-state index contributed by atoms with van der Waals surface area (Å²) in [5, 5.41) is -0.161. The molecule has 0 spiro atoms. The van der Waals surface area contributed by atoms with Gasteiger partial charge in [0, 0.05) is 0 Å². The molecule has 0 saturated heterocycles. The third-order valence-electron chi connectivity index (χ3n) is 9.95. The van der Waals surface area contributed by atoms with Crippen LogP contribution in [-0.2, 0) is 10.3 Å². The van der Waals surface area contributed by atoms with Gasteiger partial charge in [-0.2, -0.15) is 0 Å². The van der Waals surface area contributed by atoms with Crippen molar-refractivity contribution in [2.45, 2.75) is 51.3 Å². The molecule has 10 nitrogen and oxygen atoms in total. The minimum absolute atomic E-state index is 0.149. The van der Waals surface area contributed by atoms with Crippen LogP contribution in [0.1, 0.15) is 62.7 Å². The highest BCUT2D eigenvalue weighted by Gasteiger charge is 2.42. The van der Waals surface area contributed by atoms with Gasteiger partial charge in [0.1, 0.15) is 40.5 Å². The molecule has 1 atom stereocenters. The summed E-state index contributed by atoms with van der Waals surface area (Å²) in [6.07, 6.45) is 2.64. The molecule has 1 unspecified atom stereocenters. The van der Waals surface area contributed by atoms with Crippen LogP contribution in [0.4, 0.5) is 15.0 Å².